The van der Waals surface area contributed by atoms with E-state index in [9.17, 15) is 14.7 Å². The SMILES string of the molecule is CC(=O)OC[C@H]1O[C@H](O)[C@@H](Br)[C@@H]1OC(C)=O. The number of carbonyl (C=O) groups excluding carboxylic acids is 2. The number of halogens is 1. The average Bonchev–Trinajstić information content (AvgIpc) is 2.42. The zero-order valence-electron chi connectivity index (χ0n) is 8.88. The molecule has 0 bridgehead atoms. The molecule has 1 fully saturated rings. The number of rotatable bonds is 3. The Morgan fingerprint density at radius 1 is 1.38 bits per heavy atom. The van der Waals surface area contributed by atoms with Crippen molar-refractivity contribution in [2.24, 2.45) is 0 Å². The van der Waals surface area contributed by atoms with Gasteiger partial charge in [0.05, 0.1) is 0 Å². The number of carbonyl (C=O) groups is 2. The van der Waals surface area contributed by atoms with E-state index in [0.29, 0.717) is 0 Å². The number of esters is 2. The second-order valence-electron chi connectivity index (χ2n) is 3.39. The summed E-state index contributed by atoms with van der Waals surface area (Å²) in [6, 6.07) is 0. The third kappa shape index (κ3) is 3.43. The van der Waals surface area contributed by atoms with Gasteiger partial charge in [-0.25, -0.2) is 0 Å². The second-order valence-corrected chi connectivity index (χ2v) is 4.44. The van der Waals surface area contributed by atoms with Gasteiger partial charge in [-0.1, -0.05) is 15.9 Å². The van der Waals surface area contributed by atoms with Crippen molar-refractivity contribution in [3.05, 3.63) is 0 Å². The van der Waals surface area contributed by atoms with E-state index in [-0.39, 0.29) is 6.61 Å². The standard InChI is InChI=1S/C9H13BrO6/c1-4(11)14-3-6-8(15-5(2)12)7(10)9(13)16-6/h6-9,13H,3H2,1-2H3/t6-,7+,8-,9+/m1/s1. The van der Waals surface area contributed by atoms with Crippen LogP contribution in [0.25, 0.3) is 0 Å². The Hall–Kier alpha value is -0.660. The van der Waals surface area contributed by atoms with Gasteiger partial charge in [0.2, 0.25) is 0 Å². The summed E-state index contributed by atoms with van der Waals surface area (Å²) in [6.07, 6.45) is -2.43. The van der Waals surface area contributed by atoms with Gasteiger partial charge in [-0.2, -0.15) is 0 Å². The normalized spacial score (nSPS) is 33.5. The molecular weight excluding hydrogens is 284 g/mol. The topological polar surface area (TPSA) is 82.1 Å². The highest BCUT2D eigenvalue weighted by Crippen LogP contribution is 2.28. The summed E-state index contributed by atoms with van der Waals surface area (Å²) in [6.45, 7) is 2.46. The van der Waals surface area contributed by atoms with E-state index in [0.717, 1.165) is 0 Å². The molecule has 16 heavy (non-hydrogen) atoms. The van der Waals surface area contributed by atoms with E-state index in [1.54, 1.807) is 0 Å². The van der Waals surface area contributed by atoms with Crippen molar-refractivity contribution in [1.82, 2.24) is 0 Å². The molecule has 0 spiro atoms. The molecule has 0 saturated carbocycles. The molecular formula is C9H13BrO6. The predicted molar refractivity (Wildman–Crippen MR) is 55.8 cm³/mol. The van der Waals surface area contributed by atoms with Gasteiger partial charge < -0.3 is 19.3 Å². The molecule has 1 rings (SSSR count). The first-order chi connectivity index (χ1) is 7.41. The van der Waals surface area contributed by atoms with Crippen LogP contribution in [0.3, 0.4) is 0 Å². The van der Waals surface area contributed by atoms with Crippen LogP contribution < -0.4 is 0 Å². The summed E-state index contributed by atoms with van der Waals surface area (Å²) in [4.78, 5) is 20.9. The smallest absolute Gasteiger partial charge is 0.303 e. The van der Waals surface area contributed by atoms with E-state index in [2.05, 4.69) is 15.9 Å². The van der Waals surface area contributed by atoms with Crippen LogP contribution in [0.5, 0.6) is 0 Å². The van der Waals surface area contributed by atoms with Gasteiger partial charge in [-0.05, 0) is 0 Å². The number of hydrogen-bond acceptors (Lipinski definition) is 6. The van der Waals surface area contributed by atoms with E-state index in [4.69, 9.17) is 14.2 Å². The van der Waals surface area contributed by atoms with E-state index in [1.807, 2.05) is 0 Å². The molecule has 0 unspecified atom stereocenters. The third-order valence-corrected chi connectivity index (χ3v) is 2.99. The largest absolute Gasteiger partial charge is 0.463 e. The quantitative estimate of drug-likeness (QED) is 0.581. The van der Waals surface area contributed by atoms with Crippen molar-refractivity contribution < 1.29 is 28.9 Å². The highest BCUT2D eigenvalue weighted by molar-refractivity contribution is 9.09. The van der Waals surface area contributed by atoms with Gasteiger partial charge in [-0.3, -0.25) is 9.59 Å². The first-order valence-electron chi connectivity index (χ1n) is 4.70. The first-order valence-corrected chi connectivity index (χ1v) is 5.61. The summed E-state index contributed by atoms with van der Waals surface area (Å²) in [5.74, 6) is -0.947. The van der Waals surface area contributed by atoms with Gasteiger partial charge in [0.1, 0.15) is 23.6 Å². The predicted octanol–water partition coefficient (Wildman–Crippen LogP) is -0.0381. The fourth-order valence-corrected chi connectivity index (χ4v) is 1.94. The fraction of sp³-hybridized carbons (Fsp3) is 0.778. The minimum atomic E-state index is -1.09. The van der Waals surface area contributed by atoms with E-state index in [1.165, 1.54) is 13.8 Å². The summed E-state index contributed by atoms with van der Waals surface area (Å²) < 4.78 is 14.8. The molecule has 7 heteroatoms. The van der Waals surface area contributed by atoms with Crippen LogP contribution in [0.2, 0.25) is 0 Å². The third-order valence-electron chi connectivity index (χ3n) is 2.02. The van der Waals surface area contributed by atoms with Crippen LogP contribution in [0.1, 0.15) is 13.8 Å². The van der Waals surface area contributed by atoms with Crippen molar-refractivity contribution in [1.29, 1.82) is 0 Å². The van der Waals surface area contributed by atoms with Crippen LogP contribution in [0.4, 0.5) is 0 Å². The maximum absolute atomic E-state index is 10.8. The van der Waals surface area contributed by atoms with Crippen LogP contribution in [0.15, 0.2) is 0 Å². The monoisotopic (exact) mass is 296 g/mol. The van der Waals surface area contributed by atoms with Gasteiger partial charge in [0.25, 0.3) is 0 Å². The zero-order valence-corrected chi connectivity index (χ0v) is 10.5. The van der Waals surface area contributed by atoms with Crippen LogP contribution in [-0.2, 0) is 23.8 Å². The summed E-state index contributed by atoms with van der Waals surface area (Å²) in [5, 5.41) is 9.42. The maximum atomic E-state index is 10.8. The Labute approximate surface area is 101 Å². The lowest BCUT2D eigenvalue weighted by Gasteiger charge is -2.19. The number of hydrogen-bond donors (Lipinski definition) is 1. The molecule has 1 aliphatic rings. The summed E-state index contributed by atoms with van der Waals surface area (Å²) in [5.41, 5.74) is 0. The molecule has 1 saturated heterocycles. The van der Waals surface area contributed by atoms with Crippen molar-refractivity contribution >= 4 is 27.9 Å². The van der Waals surface area contributed by atoms with Crippen molar-refractivity contribution in [3.8, 4) is 0 Å². The molecule has 92 valence electrons. The molecule has 0 aromatic heterocycles. The molecule has 6 nitrogen and oxygen atoms in total. The Kier molecular flexibility index (Phi) is 4.69. The maximum Gasteiger partial charge on any atom is 0.303 e. The Morgan fingerprint density at radius 2 is 2.00 bits per heavy atom. The van der Waals surface area contributed by atoms with Gasteiger partial charge >= 0.3 is 11.9 Å². The molecule has 0 radical (unpaired) electrons. The number of aliphatic hydroxyl groups excluding tert-OH is 1. The molecule has 0 aromatic rings. The molecule has 1 aliphatic heterocycles. The number of alkyl halides is 1. The molecule has 0 amide bonds. The van der Waals surface area contributed by atoms with Crippen LogP contribution >= 0.6 is 15.9 Å². The van der Waals surface area contributed by atoms with Crippen LogP contribution in [0, 0.1) is 0 Å². The molecule has 0 aliphatic carbocycles. The van der Waals surface area contributed by atoms with Gasteiger partial charge in [-0.15, -0.1) is 0 Å². The van der Waals surface area contributed by atoms with Gasteiger partial charge in [0, 0.05) is 13.8 Å². The number of aliphatic hydroxyl groups is 1. The Morgan fingerprint density at radius 3 is 2.50 bits per heavy atom. The zero-order chi connectivity index (χ0) is 12.3. The van der Waals surface area contributed by atoms with E-state index < -0.39 is 35.3 Å². The van der Waals surface area contributed by atoms with E-state index >= 15 is 0 Å². The van der Waals surface area contributed by atoms with Crippen LogP contribution in [-0.4, -0.2) is 47.0 Å². The minimum absolute atomic E-state index is 0.0631. The second kappa shape index (κ2) is 5.60. The molecule has 0 aromatic carbocycles. The lowest BCUT2D eigenvalue weighted by Crippen LogP contribution is -2.35. The van der Waals surface area contributed by atoms with Crippen molar-refractivity contribution in [3.63, 3.8) is 0 Å². The Bertz CT molecular complexity index is 281. The van der Waals surface area contributed by atoms with Crippen molar-refractivity contribution in [2.45, 2.75) is 37.2 Å². The summed E-state index contributed by atoms with van der Waals surface area (Å²) in [7, 11) is 0. The lowest BCUT2D eigenvalue weighted by atomic mass is 10.2. The highest BCUT2D eigenvalue weighted by Gasteiger charge is 2.45. The lowest BCUT2D eigenvalue weighted by molar-refractivity contribution is -0.159. The van der Waals surface area contributed by atoms with Gasteiger partial charge in [0.15, 0.2) is 6.29 Å². The summed E-state index contributed by atoms with van der Waals surface area (Å²) >= 11 is 3.15. The minimum Gasteiger partial charge on any atom is -0.463 e. The van der Waals surface area contributed by atoms with Crippen molar-refractivity contribution in [2.75, 3.05) is 6.61 Å². The average molecular weight is 297 g/mol. The first kappa shape index (κ1) is 13.4. The fourth-order valence-electron chi connectivity index (χ4n) is 1.37. The molecule has 4 atom stereocenters. The Balaban J connectivity index is 2.59. The molecule has 1 heterocycles. The molecule has 1 N–H and O–H groups in total. The number of ether oxygens (including phenoxy) is 3. The highest BCUT2D eigenvalue weighted by atomic mass is 79.9.